The van der Waals surface area contributed by atoms with Gasteiger partial charge in [-0.2, -0.15) is 0 Å². The first-order chi connectivity index (χ1) is 14.1. The van der Waals surface area contributed by atoms with Crippen LogP contribution in [0.25, 0.3) is 0 Å². The lowest BCUT2D eigenvalue weighted by atomic mass is 10.1. The van der Waals surface area contributed by atoms with Crippen molar-refractivity contribution < 1.29 is 14.0 Å². The highest BCUT2D eigenvalue weighted by molar-refractivity contribution is 6.00. The SMILES string of the molecule is O=C(NCc1ccc(F)cc1)C1CC(=O)N(c2ccc(N3CCCCC3)cc2)C1. The van der Waals surface area contributed by atoms with Crippen molar-refractivity contribution in [3.05, 3.63) is 59.9 Å². The van der Waals surface area contributed by atoms with E-state index in [0.29, 0.717) is 13.1 Å². The van der Waals surface area contributed by atoms with Gasteiger partial charge in [0.15, 0.2) is 0 Å². The average molecular weight is 395 g/mol. The van der Waals surface area contributed by atoms with Gasteiger partial charge in [-0.25, -0.2) is 4.39 Å². The van der Waals surface area contributed by atoms with E-state index in [9.17, 15) is 14.0 Å². The summed E-state index contributed by atoms with van der Waals surface area (Å²) in [6.07, 6.45) is 3.95. The van der Waals surface area contributed by atoms with Gasteiger partial charge in [0.25, 0.3) is 0 Å². The van der Waals surface area contributed by atoms with Gasteiger partial charge in [-0.05, 0) is 61.2 Å². The molecular weight excluding hydrogens is 369 g/mol. The molecule has 0 aliphatic carbocycles. The number of hydrogen-bond donors (Lipinski definition) is 1. The summed E-state index contributed by atoms with van der Waals surface area (Å²) in [4.78, 5) is 29.1. The van der Waals surface area contributed by atoms with Crippen molar-refractivity contribution in [3.8, 4) is 0 Å². The van der Waals surface area contributed by atoms with E-state index < -0.39 is 0 Å². The highest BCUT2D eigenvalue weighted by atomic mass is 19.1. The normalized spacial score (nSPS) is 19.5. The van der Waals surface area contributed by atoms with Crippen LogP contribution in [0.2, 0.25) is 0 Å². The van der Waals surface area contributed by atoms with Crippen molar-refractivity contribution in [1.29, 1.82) is 0 Å². The second-order valence-corrected chi connectivity index (χ2v) is 7.81. The molecule has 2 fully saturated rings. The second kappa shape index (κ2) is 8.64. The number of carbonyl (C=O) groups is 2. The summed E-state index contributed by atoms with van der Waals surface area (Å²) in [5.41, 5.74) is 2.85. The average Bonchev–Trinajstić information content (AvgIpc) is 3.15. The third kappa shape index (κ3) is 4.58. The van der Waals surface area contributed by atoms with Crippen LogP contribution in [0, 0.1) is 11.7 Å². The first-order valence-corrected chi connectivity index (χ1v) is 10.3. The summed E-state index contributed by atoms with van der Waals surface area (Å²) in [6, 6.07) is 14.1. The zero-order valence-electron chi connectivity index (χ0n) is 16.4. The van der Waals surface area contributed by atoms with Crippen LogP contribution in [-0.2, 0) is 16.1 Å². The highest BCUT2D eigenvalue weighted by Gasteiger charge is 2.35. The van der Waals surface area contributed by atoms with E-state index in [1.54, 1.807) is 17.0 Å². The van der Waals surface area contributed by atoms with E-state index in [2.05, 4.69) is 22.3 Å². The molecule has 2 aliphatic rings. The molecule has 4 rings (SSSR count). The molecule has 2 saturated heterocycles. The lowest BCUT2D eigenvalue weighted by molar-refractivity contribution is -0.126. The van der Waals surface area contributed by atoms with E-state index >= 15 is 0 Å². The van der Waals surface area contributed by atoms with E-state index in [0.717, 1.165) is 24.3 Å². The van der Waals surface area contributed by atoms with Crippen molar-refractivity contribution >= 4 is 23.2 Å². The van der Waals surface area contributed by atoms with Crippen LogP contribution < -0.4 is 15.1 Å². The summed E-state index contributed by atoms with van der Waals surface area (Å²) in [7, 11) is 0. The molecule has 6 heteroatoms. The molecule has 0 radical (unpaired) electrons. The van der Waals surface area contributed by atoms with Crippen LogP contribution in [-0.4, -0.2) is 31.4 Å². The van der Waals surface area contributed by atoms with Crippen LogP contribution in [0.5, 0.6) is 0 Å². The number of nitrogens with zero attached hydrogens (tertiary/aromatic N) is 2. The smallest absolute Gasteiger partial charge is 0.227 e. The van der Waals surface area contributed by atoms with E-state index in [1.165, 1.54) is 37.1 Å². The van der Waals surface area contributed by atoms with Crippen LogP contribution in [0.3, 0.4) is 0 Å². The molecule has 1 atom stereocenters. The number of amides is 2. The molecule has 0 aromatic heterocycles. The van der Waals surface area contributed by atoms with Gasteiger partial charge < -0.3 is 15.1 Å². The van der Waals surface area contributed by atoms with Gasteiger partial charge in [0.05, 0.1) is 5.92 Å². The number of nitrogens with one attached hydrogen (secondary N) is 1. The van der Waals surface area contributed by atoms with E-state index in [4.69, 9.17) is 0 Å². The predicted molar refractivity (Wildman–Crippen MR) is 111 cm³/mol. The molecule has 1 N–H and O–H groups in total. The predicted octanol–water partition coefficient (Wildman–Crippen LogP) is 3.49. The minimum atomic E-state index is -0.371. The molecule has 29 heavy (non-hydrogen) atoms. The van der Waals surface area contributed by atoms with Crippen molar-refractivity contribution in [2.24, 2.45) is 5.92 Å². The van der Waals surface area contributed by atoms with Crippen LogP contribution in [0.15, 0.2) is 48.5 Å². The molecule has 2 aromatic rings. The number of piperidine rings is 1. The Morgan fingerprint density at radius 3 is 2.31 bits per heavy atom. The monoisotopic (exact) mass is 395 g/mol. The topological polar surface area (TPSA) is 52.7 Å². The highest BCUT2D eigenvalue weighted by Crippen LogP contribution is 2.28. The number of rotatable bonds is 5. The number of benzene rings is 2. The number of anilines is 2. The van der Waals surface area contributed by atoms with Gasteiger partial charge >= 0.3 is 0 Å². The Morgan fingerprint density at radius 2 is 1.62 bits per heavy atom. The van der Waals surface area contributed by atoms with Gasteiger partial charge in [0.1, 0.15) is 5.82 Å². The number of halogens is 1. The zero-order valence-corrected chi connectivity index (χ0v) is 16.4. The van der Waals surface area contributed by atoms with Crippen molar-refractivity contribution in [3.63, 3.8) is 0 Å². The van der Waals surface area contributed by atoms with Crippen LogP contribution >= 0.6 is 0 Å². The maximum atomic E-state index is 13.0. The van der Waals surface area contributed by atoms with Gasteiger partial charge in [-0.3, -0.25) is 9.59 Å². The third-order valence-corrected chi connectivity index (χ3v) is 5.76. The number of carbonyl (C=O) groups excluding carboxylic acids is 2. The fraction of sp³-hybridized carbons (Fsp3) is 0.391. The fourth-order valence-corrected chi connectivity index (χ4v) is 4.06. The molecule has 0 saturated carbocycles. The molecule has 2 aromatic carbocycles. The van der Waals surface area contributed by atoms with Crippen LogP contribution in [0.4, 0.5) is 15.8 Å². The summed E-state index contributed by atoms with van der Waals surface area (Å²) >= 11 is 0. The van der Waals surface area contributed by atoms with Gasteiger partial charge in [-0.1, -0.05) is 12.1 Å². The van der Waals surface area contributed by atoms with Crippen molar-refractivity contribution in [2.75, 3.05) is 29.4 Å². The van der Waals surface area contributed by atoms with E-state index in [-0.39, 0.29) is 30.0 Å². The minimum absolute atomic E-state index is 0.0299. The molecule has 0 bridgehead atoms. The van der Waals surface area contributed by atoms with E-state index in [1.807, 2.05) is 12.1 Å². The van der Waals surface area contributed by atoms with Crippen molar-refractivity contribution in [1.82, 2.24) is 5.32 Å². The fourth-order valence-electron chi connectivity index (χ4n) is 4.06. The zero-order chi connectivity index (χ0) is 20.2. The molecule has 5 nitrogen and oxygen atoms in total. The van der Waals surface area contributed by atoms with Gasteiger partial charge in [0, 0.05) is 44.0 Å². The summed E-state index contributed by atoms with van der Waals surface area (Å²) < 4.78 is 13.0. The Bertz CT molecular complexity index is 861. The first-order valence-electron chi connectivity index (χ1n) is 10.3. The van der Waals surface area contributed by atoms with Gasteiger partial charge in [-0.15, -0.1) is 0 Å². The second-order valence-electron chi connectivity index (χ2n) is 7.81. The summed E-state index contributed by atoms with van der Waals surface area (Å²) in [5.74, 6) is -0.846. The molecule has 0 spiro atoms. The lowest BCUT2D eigenvalue weighted by Crippen LogP contribution is -2.32. The largest absolute Gasteiger partial charge is 0.372 e. The van der Waals surface area contributed by atoms with Gasteiger partial charge in [0.2, 0.25) is 11.8 Å². The summed E-state index contributed by atoms with van der Waals surface area (Å²) in [6.45, 7) is 2.88. The molecule has 2 aliphatic heterocycles. The Kier molecular flexibility index (Phi) is 5.79. The quantitative estimate of drug-likeness (QED) is 0.843. The maximum Gasteiger partial charge on any atom is 0.227 e. The molecule has 152 valence electrons. The Morgan fingerprint density at radius 1 is 0.966 bits per heavy atom. The summed E-state index contributed by atoms with van der Waals surface area (Å²) in [5, 5.41) is 2.86. The molecule has 2 amide bonds. The van der Waals surface area contributed by atoms with Crippen LogP contribution in [0.1, 0.15) is 31.2 Å². The number of hydrogen-bond acceptors (Lipinski definition) is 3. The Labute approximate surface area is 170 Å². The molecule has 2 heterocycles. The molecular formula is C23H26FN3O2. The Balaban J connectivity index is 1.34. The minimum Gasteiger partial charge on any atom is -0.372 e. The molecule has 1 unspecified atom stereocenters. The van der Waals surface area contributed by atoms with Crippen molar-refractivity contribution in [2.45, 2.75) is 32.2 Å². The lowest BCUT2D eigenvalue weighted by Gasteiger charge is -2.29. The maximum absolute atomic E-state index is 13.0. The standard InChI is InChI=1S/C23H26FN3O2/c24-19-6-4-17(5-7-19)15-25-23(29)18-14-22(28)27(16-18)21-10-8-20(9-11-21)26-12-2-1-3-13-26/h4-11,18H,1-3,12-16H2,(H,25,29). The third-order valence-electron chi connectivity index (χ3n) is 5.76. The Hall–Kier alpha value is -2.89. The first kappa shape index (κ1) is 19.4.